The Bertz CT molecular complexity index is 329. The smallest absolute Gasteiger partial charge is 0.347 e. The van der Waals surface area contributed by atoms with E-state index >= 15 is 0 Å². The maximum absolute atomic E-state index is 11.4. The Morgan fingerprint density at radius 2 is 1.74 bits per heavy atom. The highest BCUT2D eigenvalue weighted by molar-refractivity contribution is 5.83. The lowest BCUT2D eigenvalue weighted by atomic mass is 10.2. The van der Waals surface area contributed by atoms with Gasteiger partial charge in [0.1, 0.15) is 6.61 Å². The van der Waals surface area contributed by atoms with Gasteiger partial charge in [0.25, 0.3) is 0 Å². The molecule has 0 amide bonds. The average Bonchev–Trinajstić information content (AvgIpc) is 2.23. The lowest BCUT2D eigenvalue weighted by molar-refractivity contribution is -0.168. The van der Waals surface area contributed by atoms with Crippen molar-refractivity contribution in [1.29, 1.82) is 0 Å². The normalized spacial score (nSPS) is 12.7. The molecule has 19 heavy (non-hydrogen) atoms. The predicted octanol–water partition coefficient (Wildman–Crippen LogP) is 1.26. The number of carbonyl (C=O) groups excluding carboxylic acids is 3. The van der Waals surface area contributed by atoms with Gasteiger partial charge < -0.3 is 14.2 Å². The summed E-state index contributed by atoms with van der Waals surface area (Å²) < 4.78 is 14.8. The number of carbonyl (C=O) groups is 3. The first-order valence-corrected chi connectivity index (χ1v) is 6.11. The van der Waals surface area contributed by atoms with E-state index in [2.05, 4.69) is 4.74 Å². The maximum atomic E-state index is 11.4. The minimum absolute atomic E-state index is 0.0571. The van der Waals surface area contributed by atoms with Crippen LogP contribution >= 0.6 is 0 Å². The molecule has 0 fully saturated rings. The Kier molecular flexibility index (Phi) is 7.29. The van der Waals surface area contributed by atoms with Crippen LogP contribution in [0.15, 0.2) is 0 Å². The van der Waals surface area contributed by atoms with Crippen LogP contribution in [0.5, 0.6) is 0 Å². The van der Waals surface area contributed by atoms with E-state index in [0.29, 0.717) is 0 Å². The summed E-state index contributed by atoms with van der Waals surface area (Å²) in [5.74, 6) is -1.55. The summed E-state index contributed by atoms with van der Waals surface area (Å²) in [6, 6.07) is 0. The Morgan fingerprint density at radius 1 is 1.16 bits per heavy atom. The standard InChI is InChI=1S/C13H22O6/c1-9(14)8-17-12(16)10(2)19-11(15)6-7-18-13(3,4)5/h10H,6-8H2,1-5H3. The van der Waals surface area contributed by atoms with Crippen molar-refractivity contribution < 1.29 is 28.6 Å². The average molecular weight is 274 g/mol. The molecule has 0 rings (SSSR count). The highest BCUT2D eigenvalue weighted by Gasteiger charge is 2.20. The van der Waals surface area contributed by atoms with E-state index in [9.17, 15) is 14.4 Å². The molecule has 6 nitrogen and oxygen atoms in total. The molecule has 0 radical (unpaired) electrons. The number of hydrogen-bond acceptors (Lipinski definition) is 6. The monoisotopic (exact) mass is 274 g/mol. The largest absolute Gasteiger partial charge is 0.455 e. The molecule has 0 spiro atoms. The van der Waals surface area contributed by atoms with Crippen molar-refractivity contribution in [2.75, 3.05) is 13.2 Å². The van der Waals surface area contributed by atoms with Gasteiger partial charge in [-0.25, -0.2) is 4.79 Å². The molecule has 0 saturated carbocycles. The van der Waals surface area contributed by atoms with Crippen molar-refractivity contribution in [3.63, 3.8) is 0 Å². The highest BCUT2D eigenvalue weighted by atomic mass is 16.6. The van der Waals surface area contributed by atoms with Gasteiger partial charge in [-0.15, -0.1) is 0 Å². The van der Waals surface area contributed by atoms with E-state index in [0.717, 1.165) is 0 Å². The summed E-state index contributed by atoms with van der Waals surface area (Å²) in [4.78, 5) is 33.4. The second-order valence-corrected chi connectivity index (χ2v) is 5.15. The van der Waals surface area contributed by atoms with Crippen molar-refractivity contribution in [2.45, 2.75) is 52.7 Å². The quantitative estimate of drug-likeness (QED) is 0.650. The minimum atomic E-state index is -1.03. The molecular formula is C13H22O6. The van der Waals surface area contributed by atoms with Crippen molar-refractivity contribution in [2.24, 2.45) is 0 Å². The molecule has 1 unspecified atom stereocenters. The first kappa shape index (κ1) is 17.6. The molecule has 0 aliphatic carbocycles. The van der Waals surface area contributed by atoms with Crippen LogP contribution < -0.4 is 0 Å². The van der Waals surface area contributed by atoms with E-state index in [4.69, 9.17) is 9.47 Å². The molecule has 6 heteroatoms. The van der Waals surface area contributed by atoms with Gasteiger partial charge in [0.05, 0.1) is 18.6 Å². The van der Waals surface area contributed by atoms with Crippen LogP contribution in [0.1, 0.15) is 41.0 Å². The van der Waals surface area contributed by atoms with Crippen LogP contribution in [0.2, 0.25) is 0 Å². The third-order valence-electron chi connectivity index (χ3n) is 1.90. The molecule has 0 aromatic heterocycles. The van der Waals surface area contributed by atoms with Gasteiger partial charge in [-0.1, -0.05) is 0 Å². The Hall–Kier alpha value is -1.43. The Morgan fingerprint density at radius 3 is 2.21 bits per heavy atom. The first-order valence-electron chi connectivity index (χ1n) is 6.11. The Balaban J connectivity index is 3.92. The summed E-state index contributed by atoms with van der Waals surface area (Å²) in [6.07, 6.45) is -0.969. The van der Waals surface area contributed by atoms with Crippen molar-refractivity contribution in [3.8, 4) is 0 Å². The second-order valence-electron chi connectivity index (χ2n) is 5.15. The summed E-state index contributed by atoms with van der Waals surface area (Å²) in [6.45, 7) is 8.23. The highest BCUT2D eigenvalue weighted by Crippen LogP contribution is 2.07. The van der Waals surface area contributed by atoms with Crippen LogP contribution in [0.3, 0.4) is 0 Å². The molecule has 0 aliphatic rings. The lowest BCUT2D eigenvalue weighted by Gasteiger charge is -2.19. The van der Waals surface area contributed by atoms with Gasteiger partial charge >= 0.3 is 11.9 Å². The van der Waals surface area contributed by atoms with E-state index in [1.54, 1.807) is 0 Å². The van der Waals surface area contributed by atoms with Crippen LogP contribution in [0.4, 0.5) is 0 Å². The molecule has 0 saturated heterocycles. The van der Waals surface area contributed by atoms with Crippen LogP contribution in [-0.2, 0) is 28.6 Å². The summed E-state index contributed by atoms with van der Waals surface area (Å²) in [5.41, 5.74) is -0.327. The predicted molar refractivity (Wildman–Crippen MR) is 67.5 cm³/mol. The SMILES string of the molecule is CC(=O)COC(=O)C(C)OC(=O)CCOC(C)(C)C. The third-order valence-corrected chi connectivity index (χ3v) is 1.90. The molecule has 1 atom stereocenters. The number of Topliss-reactive ketones (excluding diaryl/α,β-unsaturated/α-hetero) is 1. The van der Waals surface area contributed by atoms with Gasteiger partial charge in [0.15, 0.2) is 11.9 Å². The van der Waals surface area contributed by atoms with E-state index in [-0.39, 0.29) is 31.0 Å². The fourth-order valence-corrected chi connectivity index (χ4v) is 1.03. The van der Waals surface area contributed by atoms with Crippen LogP contribution in [-0.4, -0.2) is 42.6 Å². The molecule has 0 heterocycles. The molecule has 0 N–H and O–H groups in total. The van der Waals surface area contributed by atoms with Crippen LogP contribution in [0.25, 0.3) is 0 Å². The fraction of sp³-hybridized carbons (Fsp3) is 0.769. The molecule has 0 bridgehead atoms. The number of ether oxygens (including phenoxy) is 3. The zero-order valence-electron chi connectivity index (χ0n) is 12.1. The van der Waals surface area contributed by atoms with Crippen molar-refractivity contribution in [3.05, 3.63) is 0 Å². The first-order chi connectivity index (χ1) is 8.61. The second kappa shape index (κ2) is 7.89. The number of esters is 2. The van der Waals surface area contributed by atoms with Gasteiger partial charge in [0.2, 0.25) is 0 Å². The topological polar surface area (TPSA) is 78.9 Å². The van der Waals surface area contributed by atoms with E-state index in [1.807, 2.05) is 20.8 Å². The fourth-order valence-electron chi connectivity index (χ4n) is 1.03. The number of ketones is 1. The summed E-state index contributed by atoms with van der Waals surface area (Å²) >= 11 is 0. The van der Waals surface area contributed by atoms with Crippen molar-refractivity contribution >= 4 is 17.7 Å². The minimum Gasteiger partial charge on any atom is -0.455 e. The maximum Gasteiger partial charge on any atom is 0.347 e. The molecule has 0 aromatic carbocycles. The number of hydrogen-bond donors (Lipinski definition) is 0. The Labute approximate surface area is 113 Å². The van der Waals surface area contributed by atoms with E-state index in [1.165, 1.54) is 13.8 Å². The summed E-state index contributed by atoms with van der Waals surface area (Å²) in [7, 11) is 0. The number of rotatable bonds is 7. The summed E-state index contributed by atoms with van der Waals surface area (Å²) in [5, 5.41) is 0. The van der Waals surface area contributed by atoms with Crippen LogP contribution in [0, 0.1) is 0 Å². The van der Waals surface area contributed by atoms with Gasteiger partial charge in [-0.3, -0.25) is 9.59 Å². The van der Waals surface area contributed by atoms with Gasteiger partial charge in [-0.2, -0.15) is 0 Å². The van der Waals surface area contributed by atoms with Gasteiger partial charge in [-0.05, 0) is 34.6 Å². The zero-order valence-corrected chi connectivity index (χ0v) is 12.1. The zero-order chi connectivity index (χ0) is 15.1. The molecule has 0 aromatic rings. The molecule has 0 aliphatic heterocycles. The lowest BCUT2D eigenvalue weighted by Crippen LogP contribution is -2.28. The van der Waals surface area contributed by atoms with E-state index < -0.39 is 18.0 Å². The van der Waals surface area contributed by atoms with Gasteiger partial charge in [0, 0.05) is 0 Å². The third kappa shape index (κ3) is 10.2. The van der Waals surface area contributed by atoms with Crippen molar-refractivity contribution in [1.82, 2.24) is 0 Å². The molecular weight excluding hydrogens is 252 g/mol. The molecule has 110 valence electrons.